The molecule has 1 aliphatic heterocycles. The van der Waals surface area contributed by atoms with E-state index in [0.717, 1.165) is 22.5 Å². The van der Waals surface area contributed by atoms with E-state index in [-0.39, 0.29) is 34.1 Å². The minimum Gasteiger partial charge on any atom is -0.494 e. The van der Waals surface area contributed by atoms with Crippen molar-refractivity contribution < 1.29 is 39.5 Å². The number of carbonyl (C=O) groups is 1. The van der Waals surface area contributed by atoms with Gasteiger partial charge in [-0.25, -0.2) is 21.1 Å². The van der Waals surface area contributed by atoms with Crippen LogP contribution >= 0.6 is 11.8 Å². The van der Waals surface area contributed by atoms with E-state index in [4.69, 9.17) is 4.74 Å². The number of benzene rings is 4. The van der Waals surface area contributed by atoms with E-state index >= 15 is 0 Å². The van der Waals surface area contributed by atoms with Gasteiger partial charge in [0.05, 0.1) is 39.1 Å². The van der Waals surface area contributed by atoms with Crippen LogP contribution in [0.5, 0.6) is 5.75 Å². The number of hydrogen-bond acceptors (Lipinski definition) is 7. The first-order valence-corrected chi connectivity index (χ1v) is 17.6. The van der Waals surface area contributed by atoms with E-state index in [1.807, 2.05) is 0 Å². The number of nitrogens with zero attached hydrogens (tertiary/aromatic N) is 1. The number of sulfonamides is 1. The summed E-state index contributed by atoms with van der Waals surface area (Å²) in [5, 5.41) is 2.74. The van der Waals surface area contributed by atoms with Crippen LogP contribution in [0.1, 0.15) is 35.3 Å². The van der Waals surface area contributed by atoms with Crippen molar-refractivity contribution in [2.45, 2.75) is 46.2 Å². The highest BCUT2D eigenvalue weighted by molar-refractivity contribution is 8.00. The summed E-state index contributed by atoms with van der Waals surface area (Å²) in [4.78, 5) is 13.7. The number of hydrogen-bond donors (Lipinski definition) is 1. The number of rotatable bonds is 9. The van der Waals surface area contributed by atoms with Crippen molar-refractivity contribution in [2.24, 2.45) is 0 Å². The molecule has 5 rings (SSSR count). The first-order chi connectivity index (χ1) is 21.2. The molecule has 0 aliphatic carbocycles. The maximum atomic E-state index is 14.1. The largest absolute Gasteiger partial charge is 0.494 e. The number of amides is 1. The Bertz CT molecular complexity index is 1980. The molecule has 0 radical (unpaired) electrons. The van der Waals surface area contributed by atoms with Crippen molar-refractivity contribution in [1.29, 1.82) is 0 Å². The maximum absolute atomic E-state index is 14.1. The van der Waals surface area contributed by atoms with Crippen LogP contribution in [0, 0.1) is 0 Å². The van der Waals surface area contributed by atoms with E-state index < -0.39 is 42.4 Å². The second-order valence-electron chi connectivity index (χ2n) is 9.87. The van der Waals surface area contributed by atoms with E-state index in [0.29, 0.717) is 33.8 Å². The Morgan fingerprint density at radius 2 is 1.58 bits per heavy atom. The Kier molecular flexibility index (Phi) is 8.93. The van der Waals surface area contributed by atoms with Gasteiger partial charge in [0.25, 0.3) is 15.9 Å². The van der Waals surface area contributed by atoms with Crippen LogP contribution in [-0.4, -0.2) is 35.1 Å². The van der Waals surface area contributed by atoms with E-state index in [1.165, 1.54) is 42.1 Å². The van der Waals surface area contributed by atoms with Crippen LogP contribution in [0.4, 0.5) is 24.5 Å². The van der Waals surface area contributed by atoms with Crippen molar-refractivity contribution in [3.63, 3.8) is 0 Å². The van der Waals surface area contributed by atoms with Gasteiger partial charge in [0.1, 0.15) is 5.75 Å². The van der Waals surface area contributed by atoms with E-state index in [2.05, 4.69) is 5.32 Å². The molecule has 0 fully saturated rings. The second kappa shape index (κ2) is 12.4. The lowest BCUT2D eigenvalue weighted by Gasteiger charge is -2.32. The second-order valence-corrected chi connectivity index (χ2v) is 15.0. The molecule has 0 saturated heterocycles. The smallest absolute Gasteiger partial charge is 0.416 e. The average Bonchev–Trinajstić information content (AvgIpc) is 3.02. The number of fused-ring (bicyclic) bond motifs is 2. The van der Waals surface area contributed by atoms with Crippen molar-refractivity contribution in [3.8, 4) is 5.75 Å². The molecule has 8 nitrogen and oxygen atoms in total. The Morgan fingerprint density at radius 3 is 2.24 bits per heavy atom. The molecule has 1 aliphatic rings. The molecule has 236 valence electrons. The topological polar surface area (TPSA) is 110 Å². The summed E-state index contributed by atoms with van der Waals surface area (Å²) in [6.07, 6.45) is -4.76. The summed E-state index contributed by atoms with van der Waals surface area (Å²) in [5.41, 5.74) is -0.0858. The molecule has 1 amide bonds. The molecule has 45 heavy (non-hydrogen) atoms. The van der Waals surface area contributed by atoms with Gasteiger partial charge >= 0.3 is 6.18 Å². The molecule has 4 aromatic carbocycles. The number of halogens is 3. The van der Waals surface area contributed by atoms with Crippen LogP contribution in [0.3, 0.4) is 0 Å². The molecular formula is C31H27F3N2O6S3. The molecule has 0 unspecified atom stereocenters. The molecule has 1 N–H and O–H groups in total. The zero-order valence-electron chi connectivity index (χ0n) is 24.0. The Morgan fingerprint density at radius 1 is 0.844 bits per heavy atom. The monoisotopic (exact) mass is 676 g/mol. The van der Waals surface area contributed by atoms with Crippen LogP contribution in [0.25, 0.3) is 0 Å². The van der Waals surface area contributed by atoms with Crippen molar-refractivity contribution in [2.75, 3.05) is 16.7 Å². The van der Waals surface area contributed by atoms with Crippen molar-refractivity contribution in [1.82, 2.24) is 5.32 Å². The predicted octanol–water partition coefficient (Wildman–Crippen LogP) is 6.82. The first kappa shape index (κ1) is 32.4. The van der Waals surface area contributed by atoms with Gasteiger partial charge < -0.3 is 10.1 Å². The molecule has 0 aromatic heterocycles. The summed E-state index contributed by atoms with van der Waals surface area (Å²) >= 11 is 1.23. The van der Waals surface area contributed by atoms with Crippen LogP contribution in [-0.2, 0) is 32.6 Å². The predicted molar refractivity (Wildman–Crippen MR) is 164 cm³/mol. The van der Waals surface area contributed by atoms with Gasteiger partial charge in [-0.2, -0.15) is 13.2 Å². The minimum atomic E-state index is -4.76. The molecule has 0 spiro atoms. The molecule has 0 atom stereocenters. The van der Waals surface area contributed by atoms with Gasteiger partial charge in [-0.1, -0.05) is 36.9 Å². The van der Waals surface area contributed by atoms with Crippen molar-refractivity contribution >= 4 is 48.9 Å². The van der Waals surface area contributed by atoms with Gasteiger partial charge in [0.2, 0.25) is 0 Å². The Hall–Kier alpha value is -4.01. The maximum Gasteiger partial charge on any atom is 0.416 e. The summed E-state index contributed by atoms with van der Waals surface area (Å²) < 4.78 is 99.4. The molecule has 0 bridgehead atoms. The molecule has 1 heterocycles. The van der Waals surface area contributed by atoms with Gasteiger partial charge in [-0.15, -0.1) is 0 Å². The van der Waals surface area contributed by atoms with Gasteiger partial charge in [-0.3, -0.25) is 4.79 Å². The van der Waals surface area contributed by atoms with Crippen LogP contribution in [0.15, 0.2) is 105 Å². The molecule has 0 saturated carbocycles. The zero-order valence-corrected chi connectivity index (χ0v) is 26.4. The lowest BCUT2D eigenvalue weighted by Crippen LogP contribution is -2.30. The highest BCUT2D eigenvalue weighted by Gasteiger charge is 2.37. The van der Waals surface area contributed by atoms with E-state index in [1.54, 1.807) is 44.2 Å². The number of ether oxygens (including phenoxy) is 1. The first-order valence-electron chi connectivity index (χ1n) is 13.7. The highest BCUT2D eigenvalue weighted by atomic mass is 32.2. The summed E-state index contributed by atoms with van der Waals surface area (Å²) in [7, 11) is -7.99. The summed E-state index contributed by atoms with van der Waals surface area (Å²) in [5.74, 6) is -0.0971. The number of nitrogens with one attached hydrogen (secondary N) is 1. The third kappa shape index (κ3) is 6.67. The summed E-state index contributed by atoms with van der Waals surface area (Å²) in [6, 6.07) is 18.8. The van der Waals surface area contributed by atoms with Crippen molar-refractivity contribution in [3.05, 3.63) is 102 Å². The highest BCUT2D eigenvalue weighted by Crippen LogP contribution is 2.51. The Labute approximate surface area is 263 Å². The quantitative estimate of drug-likeness (QED) is 0.207. The van der Waals surface area contributed by atoms with Gasteiger partial charge in [0.15, 0.2) is 9.84 Å². The lowest BCUT2D eigenvalue weighted by atomic mass is 10.1. The minimum absolute atomic E-state index is 0.0433. The zero-order chi connectivity index (χ0) is 32.6. The number of sulfone groups is 1. The number of anilines is 2. The van der Waals surface area contributed by atoms with Gasteiger partial charge in [-0.05, 0) is 79.2 Å². The fraction of sp³-hybridized carbons (Fsp3) is 0.194. The van der Waals surface area contributed by atoms with Gasteiger partial charge in [0, 0.05) is 21.9 Å². The normalized spacial score (nSPS) is 13.1. The molecular weight excluding hydrogens is 650 g/mol. The van der Waals surface area contributed by atoms with E-state index in [9.17, 15) is 34.8 Å². The number of alkyl halides is 3. The Balaban J connectivity index is 1.51. The summed E-state index contributed by atoms with van der Waals surface area (Å²) in [6.45, 7) is 3.77. The molecule has 14 heteroatoms. The SMILES string of the molecule is CCOc1ccc2c(c1)Sc1ccc(C(=O)NCc3ccc(S(=O)(=O)CC)cc3)cc1N2S(=O)(=O)c1cccc(C(F)(F)F)c1. The third-order valence-corrected chi connectivity index (χ3v) is 11.5. The number of carbonyl (C=O) groups excluding carboxylic acids is 1. The fourth-order valence-corrected chi connectivity index (χ4v) is 8.25. The van der Waals surface area contributed by atoms with Crippen LogP contribution in [0.2, 0.25) is 0 Å². The molecule has 4 aromatic rings. The fourth-order valence-electron chi connectivity index (χ4n) is 4.62. The standard InChI is InChI=1S/C31H27F3N2O6S3/c1-3-42-23-11-14-26-29(18-23)43-28-15-10-21(30(37)35-19-20-8-12-24(13-9-20)44(38,39)4-2)16-27(28)36(26)45(40,41)25-7-5-6-22(17-25)31(32,33)34/h5-18H,3-4,19H2,1-2H3,(H,35,37). The van der Waals surface area contributed by atoms with Crippen LogP contribution < -0.4 is 14.4 Å². The lowest BCUT2D eigenvalue weighted by molar-refractivity contribution is -0.137. The average molecular weight is 677 g/mol. The third-order valence-electron chi connectivity index (χ3n) is 6.94.